The molecule has 1 aromatic rings. The molecule has 0 atom stereocenters. The number of carbonyl (C=O) groups excluding carboxylic acids is 1. The van der Waals surface area contributed by atoms with Gasteiger partial charge in [0.05, 0.1) is 12.7 Å². The number of nitrogens with zero attached hydrogens (tertiary/aromatic N) is 1. The van der Waals surface area contributed by atoms with E-state index in [4.69, 9.17) is 4.74 Å². The Bertz CT molecular complexity index is 453. The molecule has 0 spiro atoms. The molecule has 1 aliphatic heterocycles. The van der Waals surface area contributed by atoms with Crippen LogP contribution in [-0.4, -0.2) is 31.1 Å². The smallest absolute Gasteiger partial charge is 0.337 e. The zero-order chi connectivity index (χ0) is 13.8. The molecule has 1 fully saturated rings. The normalized spacial score (nSPS) is 17.4. The van der Waals surface area contributed by atoms with Crippen LogP contribution in [0.2, 0.25) is 0 Å². The van der Waals surface area contributed by atoms with Gasteiger partial charge in [0, 0.05) is 11.0 Å². The average molecular weight is 326 g/mol. The first kappa shape index (κ1) is 14.5. The van der Waals surface area contributed by atoms with Gasteiger partial charge in [0.2, 0.25) is 0 Å². The zero-order valence-electron chi connectivity index (χ0n) is 11.5. The second-order valence-electron chi connectivity index (χ2n) is 5.26. The summed E-state index contributed by atoms with van der Waals surface area (Å²) in [6.07, 6.45) is 2.55. The molecule has 0 saturated carbocycles. The third kappa shape index (κ3) is 3.80. The van der Waals surface area contributed by atoms with E-state index in [-0.39, 0.29) is 5.97 Å². The number of piperidine rings is 1. The van der Waals surface area contributed by atoms with Gasteiger partial charge in [0.15, 0.2) is 0 Å². The summed E-state index contributed by atoms with van der Waals surface area (Å²) in [6, 6.07) is 5.68. The topological polar surface area (TPSA) is 29.5 Å². The summed E-state index contributed by atoms with van der Waals surface area (Å²) in [5.74, 6) is 0.556. The highest BCUT2D eigenvalue weighted by molar-refractivity contribution is 9.10. The van der Waals surface area contributed by atoms with Gasteiger partial charge in [-0.15, -0.1) is 0 Å². The van der Waals surface area contributed by atoms with Crippen molar-refractivity contribution in [1.82, 2.24) is 4.90 Å². The first-order valence-electron chi connectivity index (χ1n) is 6.69. The lowest BCUT2D eigenvalue weighted by Gasteiger charge is -2.30. The first-order chi connectivity index (χ1) is 9.10. The minimum Gasteiger partial charge on any atom is -0.465 e. The van der Waals surface area contributed by atoms with Crippen LogP contribution < -0.4 is 0 Å². The van der Waals surface area contributed by atoms with Gasteiger partial charge in [-0.05, 0) is 49.5 Å². The summed E-state index contributed by atoms with van der Waals surface area (Å²) in [6.45, 7) is 5.58. The Morgan fingerprint density at radius 3 is 2.68 bits per heavy atom. The molecule has 1 heterocycles. The Morgan fingerprint density at radius 1 is 1.42 bits per heavy atom. The fourth-order valence-electron chi connectivity index (χ4n) is 2.38. The monoisotopic (exact) mass is 325 g/mol. The van der Waals surface area contributed by atoms with Crippen LogP contribution >= 0.6 is 15.9 Å². The molecule has 1 aliphatic rings. The van der Waals surface area contributed by atoms with E-state index in [1.54, 1.807) is 0 Å². The highest BCUT2D eigenvalue weighted by Crippen LogP contribution is 2.23. The lowest BCUT2D eigenvalue weighted by molar-refractivity contribution is 0.0600. The third-order valence-electron chi connectivity index (χ3n) is 3.74. The molecule has 0 aromatic heterocycles. The van der Waals surface area contributed by atoms with E-state index in [0.717, 1.165) is 30.0 Å². The second kappa shape index (κ2) is 6.53. The summed E-state index contributed by atoms with van der Waals surface area (Å²) in [4.78, 5) is 13.9. The van der Waals surface area contributed by atoms with Crippen molar-refractivity contribution in [2.75, 3.05) is 20.2 Å². The minimum absolute atomic E-state index is 0.293. The number of methoxy groups -OCH3 is 1. The second-order valence-corrected chi connectivity index (χ2v) is 6.11. The number of halogens is 1. The molecule has 0 bridgehead atoms. The van der Waals surface area contributed by atoms with Crippen LogP contribution in [0.15, 0.2) is 22.7 Å². The molecular formula is C15H20BrNO2. The molecule has 0 N–H and O–H groups in total. The molecule has 4 heteroatoms. The summed E-state index contributed by atoms with van der Waals surface area (Å²) in [5, 5.41) is 0. The van der Waals surface area contributed by atoms with Crippen molar-refractivity contribution >= 4 is 21.9 Å². The number of carbonyl (C=O) groups is 1. The van der Waals surface area contributed by atoms with Crippen LogP contribution in [0, 0.1) is 5.92 Å². The molecule has 0 unspecified atom stereocenters. The van der Waals surface area contributed by atoms with Crippen molar-refractivity contribution in [3.05, 3.63) is 33.8 Å². The Morgan fingerprint density at radius 2 is 2.11 bits per heavy atom. The minimum atomic E-state index is -0.293. The van der Waals surface area contributed by atoms with Crippen molar-refractivity contribution in [3.63, 3.8) is 0 Å². The van der Waals surface area contributed by atoms with Gasteiger partial charge in [0.1, 0.15) is 0 Å². The molecule has 1 saturated heterocycles. The van der Waals surface area contributed by atoms with Crippen LogP contribution in [0.4, 0.5) is 0 Å². The standard InChI is InChI=1S/C15H20BrNO2/c1-11-5-7-17(8-6-11)10-13-4-3-12(9-14(13)16)15(18)19-2/h3-4,9,11H,5-8,10H2,1-2H3. The van der Waals surface area contributed by atoms with Crippen molar-refractivity contribution in [3.8, 4) is 0 Å². The van der Waals surface area contributed by atoms with Crippen LogP contribution in [0.25, 0.3) is 0 Å². The highest BCUT2D eigenvalue weighted by Gasteiger charge is 2.17. The summed E-state index contributed by atoms with van der Waals surface area (Å²) < 4.78 is 5.70. The van der Waals surface area contributed by atoms with Gasteiger partial charge in [-0.25, -0.2) is 4.79 Å². The van der Waals surface area contributed by atoms with Crippen LogP contribution in [0.5, 0.6) is 0 Å². The summed E-state index contributed by atoms with van der Waals surface area (Å²) in [7, 11) is 1.40. The van der Waals surface area contributed by atoms with Gasteiger partial charge >= 0.3 is 5.97 Å². The highest BCUT2D eigenvalue weighted by atomic mass is 79.9. The number of rotatable bonds is 3. The van der Waals surface area contributed by atoms with E-state index in [1.165, 1.54) is 25.5 Å². The predicted octanol–water partition coefficient (Wildman–Crippen LogP) is 3.47. The Kier molecular flexibility index (Phi) is 4.99. The quantitative estimate of drug-likeness (QED) is 0.797. The van der Waals surface area contributed by atoms with E-state index in [0.29, 0.717) is 5.56 Å². The molecule has 0 radical (unpaired) electrons. The maximum Gasteiger partial charge on any atom is 0.337 e. The van der Waals surface area contributed by atoms with E-state index in [1.807, 2.05) is 18.2 Å². The molecule has 0 amide bonds. The average Bonchev–Trinajstić information content (AvgIpc) is 2.42. The molecule has 19 heavy (non-hydrogen) atoms. The Balaban J connectivity index is 2.03. The van der Waals surface area contributed by atoms with Gasteiger partial charge in [-0.1, -0.05) is 28.9 Å². The first-order valence-corrected chi connectivity index (χ1v) is 7.48. The number of likely N-dealkylation sites (tertiary alicyclic amines) is 1. The molecular weight excluding hydrogens is 306 g/mol. The molecule has 1 aromatic carbocycles. The maximum absolute atomic E-state index is 11.4. The van der Waals surface area contributed by atoms with E-state index < -0.39 is 0 Å². The van der Waals surface area contributed by atoms with Crippen molar-refractivity contribution in [2.45, 2.75) is 26.3 Å². The molecule has 2 rings (SSSR count). The van der Waals surface area contributed by atoms with Crippen molar-refractivity contribution < 1.29 is 9.53 Å². The van der Waals surface area contributed by atoms with Crippen LogP contribution in [-0.2, 0) is 11.3 Å². The van der Waals surface area contributed by atoms with Crippen LogP contribution in [0.3, 0.4) is 0 Å². The fraction of sp³-hybridized carbons (Fsp3) is 0.533. The van der Waals surface area contributed by atoms with E-state index in [9.17, 15) is 4.79 Å². The summed E-state index contributed by atoms with van der Waals surface area (Å²) in [5.41, 5.74) is 1.81. The fourth-order valence-corrected chi connectivity index (χ4v) is 2.89. The number of hydrogen-bond acceptors (Lipinski definition) is 3. The van der Waals surface area contributed by atoms with Gasteiger partial charge in [-0.2, -0.15) is 0 Å². The molecule has 104 valence electrons. The van der Waals surface area contributed by atoms with Gasteiger partial charge < -0.3 is 4.74 Å². The van der Waals surface area contributed by atoms with Gasteiger partial charge in [-0.3, -0.25) is 4.90 Å². The number of ether oxygens (including phenoxy) is 1. The number of hydrogen-bond donors (Lipinski definition) is 0. The Labute approximate surface area is 123 Å². The van der Waals surface area contributed by atoms with Crippen molar-refractivity contribution in [1.29, 1.82) is 0 Å². The van der Waals surface area contributed by atoms with Gasteiger partial charge in [0.25, 0.3) is 0 Å². The SMILES string of the molecule is COC(=O)c1ccc(CN2CCC(C)CC2)c(Br)c1. The summed E-state index contributed by atoms with van der Waals surface area (Å²) >= 11 is 3.55. The lowest BCUT2D eigenvalue weighted by atomic mass is 9.99. The predicted molar refractivity (Wildman–Crippen MR) is 79.2 cm³/mol. The van der Waals surface area contributed by atoms with E-state index >= 15 is 0 Å². The van der Waals surface area contributed by atoms with Crippen LogP contribution in [0.1, 0.15) is 35.7 Å². The molecule has 3 nitrogen and oxygen atoms in total. The lowest BCUT2D eigenvalue weighted by Crippen LogP contribution is -2.32. The van der Waals surface area contributed by atoms with E-state index in [2.05, 4.69) is 27.8 Å². The number of benzene rings is 1. The number of esters is 1. The van der Waals surface area contributed by atoms with Crippen molar-refractivity contribution in [2.24, 2.45) is 5.92 Å². The zero-order valence-corrected chi connectivity index (χ0v) is 13.1. The largest absolute Gasteiger partial charge is 0.465 e. The molecule has 0 aliphatic carbocycles. The third-order valence-corrected chi connectivity index (χ3v) is 4.48. The Hall–Kier alpha value is -0.870. The maximum atomic E-state index is 11.4.